The number of hydrogen-bond donors (Lipinski definition) is 3. The molecule has 0 saturated carbocycles. The van der Waals surface area contributed by atoms with Crippen LogP contribution < -0.4 is 16.4 Å². The topological polar surface area (TPSA) is 132 Å². The summed E-state index contributed by atoms with van der Waals surface area (Å²) in [5.74, 6) is -1.30. The van der Waals surface area contributed by atoms with Crippen LogP contribution in [0.2, 0.25) is 0 Å². The molecule has 38 heavy (non-hydrogen) atoms. The van der Waals surface area contributed by atoms with E-state index in [4.69, 9.17) is 5.73 Å². The van der Waals surface area contributed by atoms with Gasteiger partial charge in [-0.15, -0.1) is 0 Å². The standard InChI is InChI=1S/C28H34N6O3S/c1-2-34-27(37)24(18-31-21-10-8-19(9-11-21)12-15-33-13-3-4-14-33)38-28(34)23(17-29)26(36)32-22-7-5-6-20(16-22)25(30)35/h7-11,16,24,31H,2-6,12-15,18H2,1H3,(H2,30,35)(H,32,36)/b28-23-. The molecule has 9 nitrogen and oxygen atoms in total. The molecule has 2 saturated heterocycles. The van der Waals surface area contributed by atoms with Crippen LogP contribution in [0.25, 0.3) is 0 Å². The van der Waals surface area contributed by atoms with E-state index >= 15 is 0 Å². The number of anilines is 1. The van der Waals surface area contributed by atoms with Crippen molar-refractivity contribution in [2.75, 3.05) is 38.0 Å². The normalized spacial score (nSPS) is 21.0. The lowest BCUT2D eigenvalue weighted by Crippen LogP contribution is -2.33. The van der Waals surface area contributed by atoms with E-state index in [9.17, 15) is 19.6 Å². The van der Waals surface area contributed by atoms with Crippen LogP contribution >= 0.6 is 11.8 Å². The number of benzene rings is 1. The third kappa shape index (κ3) is 6.65. The summed E-state index contributed by atoms with van der Waals surface area (Å²) in [6.45, 7) is 5.99. The Balaban J connectivity index is 1.38. The first kappa shape index (κ1) is 27.5. The highest BCUT2D eigenvalue weighted by Gasteiger charge is 2.39. The average Bonchev–Trinajstić information content (AvgIpc) is 3.55. The lowest BCUT2D eigenvalue weighted by atomic mass is 10.0. The van der Waals surface area contributed by atoms with Gasteiger partial charge in [0.05, 0.1) is 0 Å². The number of carbonyl (C=O) groups is 3. The highest BCUT2D eigenvalue weighted by Crippen LogP contribution is 2.37. The van der Waals surface area contributed by atoms with Gasteiger partial charge in [0.2, 0.25) is 11.8 Å². The van der Waals surface area contributed by atoms with Gasteiger partial charge < -0.3 is 26.2 Å². The zero-order valence-electron chi connectivity index (χ0n) is 21.7. The number of nitrogens with zero attached hydrogens (tertiary/aromatic N) is 3. The Bertz CT molecular complexity index is 1210. The second kappa shape index (κ2) is 12.8. The molecule has 1 aromatic carbocycles. The van der Waals surface area contributed by atoms with Gasteiger partial charge in [0.1, 0.15) is 21.9 Å². The molecule has 0 aromatic heterocycles. The van der Waals surface area contributed by atoms with E-state index in [1.165, 1.54) is 54.2 Å². The molecule has 2 aliphatic heterocycles. The van der Waals surface area contributed by atoms with Gasteiger partial charge in [0.25, 0.3) is 5.91 Å². The fourth-order valence-electron chi connectivity index (χ4n) is 4.81. The van der Waals surface area contributed by atoms with Gasteiger partial charge in [-0.05, 0) is 75.9 Å². The maximum Gasteiger partial charge on any atom is 0.269 e. The predicted molar refractivity (Wildman–Crippen MR) is 148 cm³/mol. The van der Waals surface area contributed by atoms with Crippen LogP contribution in [0.5, 0.6) is 0 Å². The van der Waals surface area contributed by atoms with E-state index in [2.05, 4.69) is 27.7 Å². The summed E-state index contributed by atoms with van der Waals surface area (Å²) < 4.78 is 0. The van der Waals surface area contributed by atoms with Gasteiger partial charge >= 0.3 is 0 Å². The van der Waals surface area contributed by atoms with Crippen molar-refractivity contribution in [1.82, 2.24) is 15.1 Å². The number of nitrogens with two attached hydrogens (primary N) is 1. The van der Waals surface area contributed by atoms with Crippen molar-refractivity contribution >= 4 is 35.2 Å². The zero-order chi connectivity index (χ0) is 27.1. The molecule has 1 aliphatic carbocycles. The lowest BCUT2D eigenvalue weighted by Gasteiger charge is -2.17. The van der Waals surface area contributed by atoms with Gasteiger partial charge in [0.15, 0.2) is 0 Å². The number of nitrogens with one attached hydrogen (secondary N) is 2. The number of likely N-dealkylation sites (tertiary alicyclic amines) is 1. The molecule has 0 bridgehead atoms. The molecule has 1 aromatic rings. The number of allylic oxidation sites excluding steroid dienone is 2. The molecule has 10 heteroatoms. The van der Waals surface area contributed by atoms with Crippen molar-refractivity contribution in [3.05, 3.63) is 63.9 Å². The van der Waals surface area contributed by atoms with E-state index in [1.807, 2.05) is 25.1 Å². The summed E-state index contributed by atoms with van der Waals surface area (Å²) in [5, 5.41) is 15.7. The van der Waals surface area contributed by atoms with Crippen molar-refractivity contribution in [1.29, 1.82) is 5.26 Å². The number of amides is 3. The number of nitriles is 1. The quantitative estimate of drug-likeness (QED) is 0.311. The largest absolute Gasteiger partial charge is 0.383 e. The summed E-state index contributed by atoms with van der Waals surface area (Å²) in [4.78, 5) is 41.6. The van der Waals surface area contributed by atoms with Gasteiger partial charge in [-0.3, -0.25) is 14.4 Å². The monoisotopic (exact) mass is 534 g/mol. The summed E-state index contributed by atoms with van der Waals surface area (Å²) in [6, 6.07) is 10.3. The third-order valence-electron chi connectivity index (χ3n) is 6.95. The van der Waals surface area contributed by atoms with Gasteiger partial charge in [-0.1, -0.05) is 30.0 Å². The minimum absolute atomic E-state index is 0.129. The Morgan fingerprint density at radius 1 is 1.21 bits per heavy atom. The SMILES string of the molecule is CCN1C(=O)C(CNc2ccc(CCN3CCCC3)cc2)S/C1=C(/C#N)C(=O)NC1=CCCC(C(N)=O)=C1. The van der Waals surface area contributed by atoms with Gasteiger partial charge in [-0.25, -0.2) is 0 Å². The lowest BCUT2D eigenvalue weighted by molar-refractivity contribution is -0.127. The van der Waals surface area contributed by atoms with E-state index in [-0.39, 0.29) is 11.5 Å². The molecule has 2 heterocycles. The molecule has 3 aliphatic rings. The van der Waals surface area contributed by atoms with Crippen LogP contribution in [-0.2, 0) is 20.8 Å². The molecule has 1 unspecified atom stereocenters. The van der Waals surface area contributed by atoms with E-state index in [0.29, 0.717) is 42.2 Å². The van der Waals surface area contributed by atoms with Crippen molar-refractivity contribution in [3.8, 4) is 6.07 Å². The van der Waals surface area contributed by atoms with E-state index in [1.54, 1.807) is 6.08 Å². The average molecular weight is 535 g/mol. The number of primary amides is 1. The highest BCUT2D eigenvalue weighted by molar-refractivity contribution is 8.04. The molecular weight excluding hydrogens is 500 g/mol. The third-order valence-corrected chi connectivity index (χ3v) is 8.25. The minimum atomic E-state index is -0.618. The van der Waals surface area contributed by atoms with Crippen molar-refractivity contribution in [2.24, 2.45) is 5.73 Å². The van der Waals surface area contributed by atoms with Crippen LogP contribution in [0.15, 0.2) is 58.3 Å². The van der Waals surface area contributed by atoms with Crippen LogP contribution in [-0.4, -0.2) is 65.5 Å². The van der Waals surface area contributed by atoms with E-state index in [0.717, 1.165) is 18.7 Å². The van der Waals surface area contributed by atoms with Crippen LogP contribution in [0.3, 0.4) is 0 Å². The number of rotatable bonds is 10. The van der Waals surface area contributed by atoms with Crippen LogP contribution in [0.1, 0.15) is 38.2 Å². The van der Waals surface area contributed by atoms with Gasteiger partial charge in [0, 0.05) is 36.6 Å². The van der Waals surface area contributed by atoms with Crippen LogP contribution in [0.4, 0.5) is 5.69 Å². The fourth-order valence-corrected chi connectivity index (χ4v) is 6.08. The smallest absolute Gasteiger partial charge is 0.269 e. The molecule has 0 radical (unpaired) electrons. The Morgan fingerprint density at radius 3 is 2.61 bits per heavy atom. The minimum Gasteiger partial charge on any atom is -0.383 e. The first-order valence-electron chi connectivity index (χ1n) is 13.1. The second-order valence-electron chi connectivity index (χ2n) is 9.54. The maximum atomic E-state index is 13.1. The Labute approximate surface area is 227 Å². The van der Waals surface area contributed by atoms with Crippen LogP contribution in [0, 0.1) is 11.3 Å². The summed E-state index contributed by atoms with van der Waals surface area (Å²) in [5.41, 5.74) is 8.27. The van der Waals surface area contributed by atoms with E-state index < -0.39 is 17.1 Å². The molecular formula is C28H34N6O3S. The second-order valence-corrected chi connectivity index (χ2v) is 10.7. The number of hydrogen-bond acceptors (Lipinski definition) is 7. The number of carbonyl (C=O) groups excluding carboxylic acids is 3. The van der Waals surface area contributed by atoms with Crippen molar-refractivity contribution < 1.29 is 14.4 Å². The molecule has 3 amide bonds. The Morgan fingerprint density at radius 2 is 1.95 bits per heavy atom. The van der Waals surface area contributed by atoms with Crippen molar-refractivity contribution in [3.63, 3.8) is 0 Å². The Kier molecular flexibility index (Phi) is 9.26. The highest BCUT2D eigenvalue weighted by atomic mass is 32.2. The first-order chi connectivity index (χ1) is 18.4. The van der Waals surface area contributed by atoms with Gasteiger partial charge in [-0.2, -0.15) is 5.26 Å². The molecule has 4 rings (SSSR count). The Hall–Kier alpha value is -3.55. The fraction of sp³-hybridized carbons (Fsp3) is 0.429. The summed E-state index contributed by atoms with van der Waals surface area (Å²) in [6.07, 6.45) is 7.97. The zero-order valence-corrected chi connectivity index (χ0v) is 22.5. The summed E-state index contributed by atoms with van der Waals surface area (Å²) >= 11 is 1.22. The molecule has 0 spiro atoms. The van der Waals surface area contributed by atoms with Crippen molar-refractivity contribution in [2.45, 2.75) is 44.3 Å². The molecule has 4 N–H and O–H groups in total. The predicted octanol–water partition coefficient (Wildman–Crippen LogP) is 2.64. The molecule has 1 atom stereocenters. The maximum absolute atomic E-state index is 13.1. The summed E-state index contributed by atoms with van der Waals surface area (Å²) in [7, 11) is 0. The number of thioether (sulfide) groups is 1. The molecule has 200 valence electrons. The first-order valence-corrected chi connectivity index (χ1v) is 14.0. The molecule has 2 fully saturated rings.